The number of amides is 2. The van der Waals surface area contributed by atoms with E-state index in [-0.39, 0.29) is 12.0 Å². The van der Waals surface area contributed by atoms with Crippen LogP contribution in [-0.2, 0) is 6.54 Å². The summed E-state index contributed by atoms with van der Waals surface area (Å²) in [6.45, 7) is 0.497. The van der Waals surface area contributed by atoms with Crippen LogP contribution in [0.25, 0.3) is 5.65 Å². The zero-order valence-electron chi connectivity index (χ0n) is 9.91. The molecule has 6 nitrogen and oxygen atoms in total. The minimum Gasteiger partial charge on any atom is -0.333 e. The van der Waals surface area contributed by atoms with E-state index in [1.165, 1.54) is 0 Å². The Bertz CT molecular complexity index is 658. The summed E-state index contributed by atoms with van der Waals surface area (Å²) in [5, 5.41) is 11.5. The molecule has 0 aliphatic carbocycles. The lowest BCUT2D eigenvalue weighted by Crippen LogP contribution is -2.28. The first-order valence-corrected chi connectivity index (χ1v) is 6.58. The maximum absolute atomic E-state index is 11.7. The van der Waals surface area contributed by atoms with E-state index >= 15 is 0 Å². The van der Waals surface area contributed by atoms with Gasteiger partial charge in [-0.05, 0) is 23.6 Å². The van der Waals surface area contributed by atoms with Crippen molar-refractivity contribution in [2.24, 2.45) is 0 Å². The molecule has 3 aromatic heterocycles. The van der Waals surface area contributed by atoms with E-state index in [4.69, 9.17) is 0 Å². The molecule has 0 saturated carbocycles. The Morgan fingerprint density at radius 2 is 2.26 bits per heavy atom. The second-order valence-electron chi connectivity index (χ2n) is 3.83. The highest BCUT2D eigenvalue weighted by molar-refractivity contribution is 7.09. The van der Waals surface area contributed by atoms with Crippen molar-refractivity contribution in [1.29, 1.82) is 0 Å². The number of carbonyl (C=O) groups excluding carboxylic acids is 1. The van der Waals surface area contributed by atoms with Gasteiger partial charge in [-0.25, -0.2) is 9.31 Å². The van der Waals surface area contributed by atoms with Crippen molar-refractivity contribution in [3.8, 4) is 0 Å². The molecule has 0 saturated heterocycles. The molecule has 0 atom stereocenters. The lowest BCUT2D eigenvalue weighted by molar-refractivity contribution is 0.251. The van der Waals surface area contributed by atoms with Crippen molar-refractivity contribution < 1.29 is 4.79 Å². The molecule has 3 rings (SSSR count). The van der Waals surface area contributed by atoms with E-state index in [1.54, 1.807) is 22.0 Å². The van der Waals surface area contributed by atoms with Crippen molar-refractivity contribution in [3.05, 3.63) is 46.8 Å². The van der Waals surface area contributed by atoms with Gasteiger partial charge in [0, 0.05) is 11.1 Å². The lowest BCUT2D eigenvalue weighted by Gasteiger charge is -2.02. The van der Waals surface area contributed by atoms with Gasteiger partial charge >= 0.3 is 6.03 Å². The number of urea groups is 1. The van der Waals surface area contributed by atoms with Crippen LogP contribution in [0.5, 0.6) is 0 Å². The highest BCUT2D eigenvalue weighted by Gasteiger charge is 2.07. The SMILES string of the molecule is O=C(NCc1cccs1)Nc1nc2ccccn2n1. The Morgan fingerprint density at radius 1 is 1.32 bits per heavy atom. The molecule has 2 N–H and O–H groups in total. The van der Waals surface area contributed by atoms with Crippen LogP contribution in [-0.4, -0.2) is 20.6 Å². The summed E-state index contributed by atoms with van der Waals surface area (Å²) in [5.41, 5.74) is 0.691. The zero-order valence-corrected chi connectivity index (χ0v) is 10.7. The Labute approximate surface area is 113 Å². The van der Waals surface area contributed by atoms with Gasteiger partial charge in [-0.2, -0.15) is 4.98 Å². The second-order valence-corrected chi connectivity index (χ2v) is 4.86. The predicted molar refractivity (Wildman–Crippen MR) is 73.2 cm³/mol. The molecule has 0 aromatic carbocycles. The number of nitrogens with one attached hydrogen (secondary N) is 2. The Morgan fingerprint density at radius 3 is 3.05 bits per heavy atom. The topological polar surface area (TPSA) is 71.3 Å². The highest BCUT2D eigenvalue weighted by atomic mass is 32.1. The van der Waals surface area contributed by atoms with Crippen LogP contribution in [0.15, 0.2) is 41.9 Å². The summed E-state index contributed by atoms with van der Waals surface area (Å²) in [4.78, 5) is 17.0. The number of aromatic nitrogens is 3. The van der Waals surface area contributed by atoms with Gasteiger partial charge in [0.1, 0.15) is 0 Å². The van der Waals surface area contributed by atoms with E-state index in [0.29, 0.717) is 12.2 Å². The van der Waals surface area contributed by atoms with E-state index in [0.717, 1.165) is 4.88 Å². The van der Waals surface area contributed by atoms with Gasteiger partial charge in [0.15, 0.2) is 5.65 Å². The number of fused-ring (bicyclic) bond motifs is 1. The highest BCUT2D eigenvalue weighted by Crippen LogP contribution is 2.08. The van der Waals surface area contributed by atoms with Gasteiger partial charge in [0.2, 0.25) is 0 Å². The number of carbonyl (C=O) groups is 1. The molecular formula is C12H11N5OS. The zero-order chi connectivity index (χ0) is 13.1. The summed E-state index contributed by atoms with van der Waals surface area (Å²) < 4.78 is 1.61. The van der Waals surface area contributed by atoms with Gasteiger partial charge in [0.05, 0.1) is 6.54 Å². The fourth-order valence-electron chi connectivity index (χ4n) is 1.61. The maximum atomic E-state index is 11.7. The van der Waals surface area contributed by atoms with Gasteiger partial charge in [-0.1, -0.05) is 12.1 Å². The summed E-state index contributed by atoms with van der Waals surface area (Å²) in [7, 11) is 0. The van der Waals surface area contributed by atoms with Crippen LogP contribution in [0.4, 0.5) is 10.7 Å². The minimum absolute atomic E-state index is 0.287. The Kier molecular flexibility index (Phi) is 3.11. The normalized spacial score (nSPS) is 10.5. The quantitative estimate of drug-likeness (QED) is 0.767. The van der Waals surface area contributed by atoms with Crippen LogP contribution in [0.1, 0.15) is 4.88 Å². The van der Waals surface area contributed by atoms with Gasteiger partial charge in [0.25, 0.3) is 5.95 Å². The van der Waals surface area contributed by atoms with E-state index < -0.39 is 0 Å². The molecule has 0 radical (unpaired) electrons. The molecule has 0 unspecified atom stereocenters. The molecule has 2 amide bonds. The smallest absolute Gasteiger partial charge is 0.321 e. The van der Waals surface area contributed by atoms with Crippen molar-refractivity contribution in [2.75, 3.05) is 5.32 Å². The minimum atomic E-state index is -0.315. The molecule has 0 aliphatic heterocycles. The van der Waals surface area contributed by atoms with E-state index in [1.807, 2.05) is 35.7 Å². The van der Waals surface area contributed by atoms with Gasteiger partial charge in [-0.3, -0.25) is 5.32 Å². The van der Waals surface area contributed by atoms with Crippen LogP contribution in [0.2, 0.25) is 0 Å². The molecular weight excluding hydrogens is 262 g/mol. The average molecular weight is 273 g/mol. The number of anilines is 1. The fourth-order valence-corrected chi connectivity index (χ4v) is 2.26. The second kappa shape index (κ2) is 5.07. The van der Waals surface area contributed by atoms with Gasteiger partial charge in [-0.15, -0.1) is 16.4 Å². The third kappa shape index (κ3) is 2.71. The lowest BCUT2D eigenvalue weighted by atomic mass is 10.5. The Hall–Kier alpha value is -2.41. The molecule has 3 heterocycles. The fraction of sp³-hybridized carbons (Fsp3) is 0.0833. The molecule has 0 aliphatic rings. The number of thiophene rings is 1. The first kappa shape index (κ1) is 11.7. The van der Waals surface area contributed by atoms with Crippen LogP contribution >= 0.6 is 11.3 Å². The van der Waals surface area contributed by atoms with Crippen molar-refractivity contribution in [1.82, 2.24) is 19.9 Å². The molecule has 0 spiro atoms. The number of nitrogens with zero attached hydrogens (tertiary/aromatic N) is 3. The summed E-state index contributed by atoms with van der Waals surface area (Å²) in [6, 6.07) is 9.14. The molecule has 0 bridgehead atoms. The first-order valence-electron chi connectivity index (χ1n) is 5.70. The average Bonchev–Trinajstić information content (AvgIpc) is 3.04. The van der Waals surface area contributed by atoms with Crippen molar-refractivity contribution in [3.63, 3.8) is 0 Å². The molecule has 3 aromatic rings. The first-order chi connectivity index (χ1) is 9.31. The standard InChI is InChI=1S/C12H11N5OS/c18-12(13-8-9-4-3-7-19-9)15-11-14-10-5-1-2-6-17(10)16-11/h1-7H,8H2,(H2,13,15,16,18). The van der Waals surface area contributed by atoms with E-state index in [2.05, 4.69) is 20.7 Å². The van der Waals surface area contributed by atoms with Crippen LogP contribution in [0.3, 0.4) is 0 Å². The third-order valence-corrected chi connectivity index (χ3v) is 3.35. The van der Waals surface area contributed by atoms with Crippen molar-refractivity contribution >= 4 is 29.0 Å². The largest absolute Gasteiger partial charge is 0.333 e. The summed E-state index contributed by atoms with van der Waals surface area (Å²) in [6.07, 6.45) is 1.77. The van der Waals surface area contributed by atoms with Crippen molar-refractivity contribution in [2.45, 2.75) is 6.54 Å². The van der Waals surface area contributed by atoms with Crippen LogP contribution < -0.4 is 10.6 Å². The third-order valence-electron chi connectivity index (χ3n) is 2.47. The number of rotatable bonds is 3. The molecule has 0 fully saturated rings. The monoisotopic (exact) mass is 273 g/mol. The Balaban J connectivity index is 1.62. The molecule has 19 heavy (non-hydrogen) atoms. The van der Waals surface area contributed by atoms with Gasteiger partial charge < -0.3 is 5.32 Å². The predicted octanol–water partition coefficient (Wildman–Crippen LogP) is 2.11. The summed E-state index contributed by atoms with van der Waals surface area (Å²) >= 11 is 1.60. The molecule has 7 heteroatoms. The number of hydrogen-bond acceptors (Lipinski definition) is 4. The summed E-state index contributed by atoms with van der Waals surface area (Å²) in [5.74, 6) is 0.287. The molecule has 96 valence electrons. The van der Waals surface area contributed by atoms with Crippen LogP contribution in [0, 0.1) is 0 Å². The number of pyridine rings is 1. The maximum Gasteiger partial charge on any atom is 0.321 e. The van der Waals surface area contributed by atoms with E-state index in [9.17, 15) is 4.79 Å². The number of hydrogen-bond donors (Lipinski definition) is 2.